The van der Waals surface area contributed by atoms with E-state index in [1.165, 1.54) is 24.2 Å². The molecule has 1 unspecified atom stereocenters. The SMILES string of the molecule is CCCC(CNC(C)C)n1nc(CC)cc1CC. The van der Waals surface area contributed by atoms with E-state index in [1.54, 1.807) is 0 Å². The van der Waals surface area contributed by atoms with Crippen LogP contribution >= 0.6 is 0 Å². The molecule has 0 saturated heterocycles. The Balaban J connectivity index is 2.85. The van der Waals surface area contributed by atoms with Gasteiger partial charge in [0.1, 0.15) is 0 Å². The minimum Gasteiger partial charge on any atom is -0.312 e. The molecule has 0 aliphatic carbocycles. The summed E-state index contributed by atoms with van der Waals surface area (Å²) in [5, 5.41) is 8.32. The van der Waals surface area contributed by atoms with Crippen molar-refractivity contribution in [3.63, 3.8) is 0 Å². The third-order valence-corrected chi connectivity index (χ3v) is 3.32. The Morgan fingerprint density at radius 3 is 2.44 bits per heavy atom. The van der Waals surface area contributed by atoms with Crippen molar-refractivity contribution in [1.82, 2.24) is 15.1 Å². The Morgan fingerprint density at radius 2 is 1.94 bits per heavy atom. The molecular formula is C15H29N3. The average molecular weight is 251 g/mol. The molecule has 0 bridgehead atoms. The van der Waals surface area contributed by atoms with Crippen molar-refractivity contribution in [2.45, 2.75) is 72.4 Å². The zero-order valence-electron chi connectivity index (χ0n) is 12.7. The number of hydrogen-bond acceptors (Lipinski definition) is 2. The molecule has 1 rings (SSSR count). The molecule has 1 aromatic rings. The highest BCUT2D eigenvalue weighted by Crippen LogP contribution is 2.17. The standard InChI is InChI=1S/C15H29N3/c1-6-9-15(11-16-12(4)5)18-14(8-3)10-13(7-2)17-18/h10,12,15-16H,6-9,11H2,1-5H3. The van der Waals surface area contributed by atoms with Crippen molar-refractivity contribution in [2.75, 3.05) is 6.54 Å². The highest BCUT2D eigenvalue weighted by molar-refractivity contribution is 5.11. The molecule has 0 spiro atoms. The summed E-state index contributed by atoms with van der Waals surface area (Å²) in [6, 6.07) is 3.29. The molecule has 0 amide bonds. The fraction of sp³-hybridized carbons (Fsp3) is 0.800. The van der Waals surface area contributed by atoms with Gasteiger partial charge in [-0.05, 0) is 25.3 Å². The van der Waals surface area contributed by atoms with Gasteiger partial charge < -0.3 is 5.32 Å². The predicted octanol–water partition coefficient (Wildman–Crippen LogP) is 3.35. The molecule has 1 aromatic heterocycles. The zero-order valence-corrected chi connectivity index (χ0v) is 12.7. The summed E-state index contributed by atoms with van der Waals surface area (Å²) in [6.45, 7) is 12.1. The second-order valence-electron chi connectivity index (χ2n) is 5.28. The Bertz CT molecular complexity index is 342. The maximum Gasteiger partial charge on any atom is 0.0646 e. The Morgan fingerprint density at radius 1 is 1.22 bits per heavy atom. The van der Waals surface area contributed by atoms with Crippen LogP contribution < -0.4 is 5.32 Å². The van der Waals surface area contributed by atoms with Crippen molar-refractivity contribution < 1.29 is 0 Å². The van der Waals surface area contributed by atoms with Gasteiger partial charge in [0, 0.05) is 18.3 Å². The summed E-state index contributed by atoms with van der Waals surface area (Å²) in [7, 11) is 0. The first-order valence-electron chi connectivity index (χ1n) is 7.42. The van der Waals surface area contributed by atoms with Crippen LogP contribution in [-0.2, 0) is 12.8 Å². The molecule has 18 heavy (non-hydrogen) atoms. The van der Waals surface area contributed by atoms with E-state index in [-0.39, 0.29) is 0 Å². The molecule has 1 atom stereocenters. The van der Waals surface area contributed by atoms with E-state index in [2.05, 4.69) is 50.7 Å². The first-order valence-corrected chi connectivity index (χ1v) is 7.42. The summed E-state index contributed by atoms with van der Waals surface area (Å²) in [4.78, 5) is 0. The monoisotopic (exact) mass is 251 g/mol. The average Bonchev–Trinajstić information content (AvgIpc) is 2.77. The molecule has 104 valence electrons. The van der Waals surface area contributed by atoms with Gasteiger partial charge >= 0.3 is 0 Å². The topological polar surface area (TPSA) is 29.9 Å². The van der Waals surface area contributed by atoms with Gasteiger partial charge in [-0.15, -0.1) is 0 Å². The highest BCUT2D eigenvalue weighted by Gasteiger charge is 2.15. The minimum absolute atomic E-state index is 0.493. The van der Waals surface area contributed by atoms with Crippen LogP contribution in [0.1, 0.15) is 64.9 Å². The van der Waals surface area contributed by atoms with Crippen LogP contribution in [0.15, 0.2) is 6.07 Å². The van der Waals surface area contributed by atoms with E-state index >= 15 is 0 Å². The van der Waals surface area contributed by atoms with Crippen LogP contribution in [0, 0.1) is 0 Å². The normalized spacial score (nSPS) is 13.2. The molecule has 0 aliphatic heterocycles. The van der Waals surface area contributed by atoms with Crippen LogP contribution in [0.2, 0.25) is 0 Å². The van der Waals surface area contributed by atoms with Gasteiger partial charge in [0.25, 0.3) is 0 Å². The maximum absolute atomic E-state index is 4.77. The fourth-order valence-electron chi connectivity index (χ4n) is 2.26. The predicted molar refractivity (Wildman–Crippen MR) is 78.1 cm³/mol. The highest BCUT2D eigenvalue weighted by atomic mass is 15.3. The van der Waals surface area contributed by atoms with Gasteiger partial charge in [0.15, 0.2) is 0 Å². The zero-order chi connectivity index (χ0) is 13.5. The lowest BCUT2D eigenvalue weighted by atomic mass is 10.1. The van der Waals surface area contributed by atoms with E-state index < -0.39 is 0 Å². The lowest BCUT2D eigenvalue weighted by molar-refractivity contribution is 0.372. The number of nitrogens with zero attached hydrogens (tertiary/aromatic N) is 2. The third-order valence-electron chi connectivity index (χ3n) is 3.32. The van der Waals surface area contributed by atoms with Gasteiger partial charge in [0.2, 0.25) is 0 Å². The molecule has 0 fully saturated rings. The Labute approximate surface area is 112 Å². The van der Waals surface area contributed by atoms with E-state index in [9.17, 15) is 0 Å². The lowest BCUT2D eigenvalue weighted by Gasteiger charge is -2.21. The molecule has 3 nitrogen and oxygen atoms in total. The fourth-order valence-corrected chi connectivity index (χ4v) is 2.26. The Kier molecular flexibility index (Phi) is 6.41. The number of aromatic nitrogens is 2. The molecule has 1 heterocycles. The third kappa shape index (κ3) is 4.13. The van der Waals surface area contributed by atoms with Crippen molar-refractivity contribution in [3.05, 3.63) is 17.5 Å². The maximum atomic E-state index is 4.77. The first-order chi connectivity index (χ1) is 8.62. The van der Waals surface area contributed by atoms with E-state index in [0.717, 1.165) is 19.4 Å². The van der Waals surface area contributed by atoms with Crippen molar-refractivity contribution >= 4 is 0 Å². The van der Waals surface area contributed by atoms with Crippen LogP contribution in [0.5, 0.6) is 0 Å². The van der Waals surface area contributed by atoms with Crippen molar-refractivity contribution in [2.24, 2.45) is 0 Å². The van der Waals surface area contributed by atoms with Crippen LogP contribution in [0.4, 0.5) is 0 Å². The van der Waals surface area contributed by atoms with Gasteiger partial charge in [-0.2, -0.15) is 5.10 Å². The molecule has 0 aromatic carbocycles. The molecule has 1 N–H and O–H groups in total. The van der Waals surface area contributed by atoms with Gasteiger partial charge in [-0.1, -0.05) is 41.0 Å². The number of nitrogens with one attached hydrogen (secondary N) is 1. The quantitative estimate of drug-likeness (QED) is 0.768. The first kappa shape index (κ1) is 15.2. The van der Waals surface area contributed by atoms with Gasteiger partial charge in [0.05, 0.1) is 11.7 Å². The van der Waals surface area contributed by atoms with Crippen molar-refractivity contribution in [1.29, 1.82) is 0 Å². The smallest absolute Gasteiger partial charge is 0.0646 e. The number of rotatable bonds is 8. The van der Waals surface area contributed by atoms with Crippen LogP contribution in [-0.4, -0.2) is 22.4 Å². The summed E-state index contributed by atoms with van der Waals surface area (Å²) < 4.78 is 2.26. The molecule has 3 heteroatoms. The second-order valence-corrected chi connectivity index (χ2v) is 5.28. The number of aryl methyl sites for hydroxylation is 2. The van der Waals surface area contributed by atoms with Crippen LogP contribution in [0.3, 0.4) is 0 Å². The summed E-state index contributed by atoms with van der Waals surface area (Å²) in [6.07, 6.45) is 4.48. The Hall–Kier alpha value is -0.830. The van der Waals surface area contributed by atoms with Gasteiger partial charge in [-0.3, -0.25) is 4.68 Å². The van der Waals surface area contributed by atoms with Gasteiger partial charge in [-0.25, -0.2) is 0 Å². The molecule has 0 saturated carbocycles. The molecule has 0 radical (unpaired) electrons. The molecular weight excluding hydrogens is 222 g/mol. The summed E-state index contributed by atoms with van der Waals surface area (Å²) >= 11 is 0. The minimum atomic E-state index is 0.493. The largest absolute Gasteiger partial charge is 0.312 e. The van der Waals surface area contributed by atoms with Crippen molar-refractivity contribution in [3.8, 4) is 0 Å². The van der Waals surface area contributed by atoms with E-state index in [1.807, 2.05) is 0 Å². The molecule has 0 aliphatic rings. The summed E-state index contributed by atoms with van der Waals surface area (Å²) in [5.41, 5.74) is 2.59. The lowest BCUT2D eigenvalue weighted by Crippen LogP contribution is -2.31. The van der Waals surface area contributed by atoms with E-state index in [0.29, 0.717) is 12.1 Å². The van der Waals surface area contributed by atoms with E-state index in [4.69, 9.17) is 5.10 Å². The second kappa shape index (κ2) is 7.57. The number of hydrogen-bond donors (Lipinski definition) is 1. The summed E-state index contributed by atoms with van der Waals surface area (Å²) in [5.74, 6) is 0. The van der Waals surface area contributed by atoms with Crippen LogP contribution in [0.25, 0.3) is 0 Å².